The number of allylic oxidation sites excluding steroid dienone is 2. The monoisotopic (exact) mass is 306 g/mol. The Labute approximate surface area is 135 Å². The van der Waals surface area contributed by atoms with Crippen molar-refractivity contribution < 1.29 is 9.59 Å². The first-order valence-corrected chi connectivity index (χ1v) is 7.42. The number of nitrogens with one attached hydrogen (secondary N) is 1. The molecule has 0 saturated heterocycles. The number of carbonyl (C=O) groups is 2. The minimum Gasteiger partial charge on any atom is -0.384 e. The molecule has 0 unspecified atom stereocenters. The number of fused-ring (bicyclic) bond motifs is 1. The molecule has 0 atom stereocenters. The fourth-order valence-corrected chi connectivity index (χ4v) is 2.82. The van der Waals surface area contributed by atoms with Gasteiger partial charge in [0.1, 0.15) is 0 Å². The van der Waals surface area contributed by atoms with Gasteiger partial charge in [-0.1, -0.05) is 36.4 Å². The van der Waals surface area contributed by atoms with Crippen LogP contribution < -0.4 is 10.2 Å². The third-order valence-electron chi connectivity index (χ3n) is 4.04. The molecule has 0 aromatic heterocycles. The Hall–Kier alpha value is -2.88. The molecule has 1 aliphatic carbocycles. The molecule has 2 aromatic rings. The van der Waals surface area contributed by atoms with E-state index in [-0.39, 0.29) is 11.6 Å². The fraction of sp³-hybridized carbons (Fsp3) is 0.158. The minimum atomic E-state index is -0.144. The Morgan fingerprint density at radius 1 is 0.826 bits per heavy atom. The number of ketones is 2. The summed E-state index contributed by atoms with van der Waals surface area (Å²) < 4.78 is 0. The highest BCUT2D eigenvalue weighted by atomic mass is 16.1. The first-order chi connectivity index (χ1) is 11.0. The van der Waals surface area contributed by atoms with Crippen LogP contribution in [0.25, 0.3) is 5.57 Å². The van der Waals surface area contributed by atoms with Crippen LogP contribution in [0.4, 0.5) is 5.69 Å². The van der Waals surface area contributed by atoms with Crippen LogP contribution in [0.15, 0.2) is 54.2 Å². The van der Waals surface area contributed by atoms with E-state index in [1.165, 1.54) is 0 Å². The van der Waals surface area contributed by atoms with Gasteiger partial charge in [0, 0.05) is 38.0 Å². The van der Waals surface area contributed by atoms with Gasteiger partial charge in [0.15, 0.2) is 5.78 Å². The van der Waals surface area contributed by atoms with E-state index in [1.54, 1.807) is 31.3 Å². The van der Waals surface area contributed by atoms with Gasteiger partial charge in [-0.3, -0.25) is 9.59 Å². The number of hydrogen-bond acceptors (Lipinski definition) is 4. The molecular formula is C19H18N2O2. The summed E-state index contributed by atoms with van der Waals surface area (Å²) in [6.07, 6.45) is 0. The van der Waals surface area contributed by atoms with Crippen LogP contribution in [-0.2, 0) is 0 Å². The third kappa shape index (κ3) is 2.42. The molecule has 4 heteroatoms. The number of Topliss-reactive ketones (excluding diaryl/α,β-unsaturated/α-hetero) is 2. The van der Waals surface area contributed by atoms with Gasteiger partial charge >= 0.3 is 0 Å². The Balaban J connectivity index is 2.16. The van der Waals surface area contributed by atoms with Crippen LogP contribution in [0.5, 0.6) is 0 Å². The van der Waals surface area contributed by atoms with Crippen molar-refractivity contribution in [1.82, 2.24) is 5.32 Å². The Kier molecular flexibility index (Phi) is 3.74. The van der Waals surface area contributed by atoms with E-state index in [0.29, 0.717) is 22.4 Å². The summed E-state index contributed by atoms with van der Waals surface area (Å²) >= 11 is 0. The van der Waals surface area contributed by atoms with Crippen molar-refractivity contribution in [1.29, 1.82) is 0 Å². The van der Waals surface area contributed by atoms with Gasteiger partial charge in [-0.05, 0) is 17.7 Å². The van der Waals surface area contributed by atoms with Gasteiger partial charge in [-0.2, -0.15) is 0 Å². The van der Waals surface area contributed by atoms with Gasteiger partial charge in [-0.15, -0.1) is 0 Å². The molecule has 0 aliphatic heterocycles. The van der Waals surface area contributed by atoms with Gasteiger partial charge in [0.05, 0.1) is 11.3 Å². The molecule has 0 bridgehead atoms. The van der Waals surface area contributed by atoms with Crippen molar-refractivity contribution in [2.45, 2.75) is 0 Å². The topological polar surface area (TPSA) is 49.4 Å². The first-order valence-electron chi connectivity index (χ1n) is 7.42. The molecule has 0 heterocycles. The lowest BCUT2D eigenvalue weighted by Gasteiger charge is -2.21. The maximum Gasteiger partial charge on any atom is 0.210 e. The predicted octanol–water partition coefficient (Wildman–Crippen LogP) is 2.76. The molecule has 0 radical (unpaired) electrons. The molecule has 0 fully saturated rings. The van der Waals surface area contributed by atoms with Crippen LogP contribution in [0.2, 0.25) is 0 Å². The highest BCUT2D eigenvalue weighted by molar-refractivity contribution is 6.40. The van der Waals surface area contributed by atoms with Crippen molar-refractivity contribution in [2.24, 2.45) is 0 Å². The molecule has 4 nitrogen and oxygen atoms in total. The van der Waals surface area contributed by atoms with Crippen LogP contribution >= 0.6 is 0 Å². The molecule has 2 aromatic carbocycles. The van der Waals surface area contributed by atoms with Crippen LogP contribution in [0.1, 0.15) is 26.3 Å². The lowest BCUT2D eigenvalue weighted by molar-refractivity contribution is 0.0987. The average molecular weight is 306 g/mol. The lowest BCUT2D eigenvalue weighted by atomic mass is 9.84. The third-order valence-corrected chi connectivity index (χ3v) is 4.04. The summed E-state index contributed by atoms with van der Waals surface area (Å²) in [7, 11) is 5.58. The summed E-state index contributed by atoms with van der Waals surface area (Å²) in [4.78, 5) is 27.5. The quantitative estimate of drug-likeness (QED) is 0.947. The Morgan fingerprint density at radius 2 is 1.39 bits per heavy atom. The van der Waals surface area contributed by atoms with E-state index in [2.05, 4.69) is 5.32 Å². The number of benzene rings is 2. The zero-order chi connectivity index (χ0) is 16.6. The maximum absolute atomic E-state index is 12.9. The smallest absolute Gasteiger partial charge is 0.210 e. The highest BCUT2D eigenvalue weighted by Crippen LogP contribution is 2.31. The van der Waals surface area contributed by atoms with Gasteiger partial charge in [0.25, 0.3) is 0 Å². The second-order valence-electron chi connectivity index (χ2n) is 5.65. The van der Waals surface area contributed by atoms with E-state index in [4.69, 9.17) is 0 Å². The van der Waals surface area contributed by atoms with Crippen molar-refractivity contribution in [3.05, 3.63) is 70.9 Å². The second kappa shape index (κ2) is 5.72. The fourth-order valence-electron chi connectivity index (χ4n) is 2.82. The van der Waals surface area contributed by atoms with E-state index < -0.39 is 0 Å². The summed E-state index contributed by atoms with van der Waals surface area (Å²) in [5.41, 5.74) is 3.48. The Bertz CT molecular complexity index is 818. The molecule has 0 spiro atoms. The molecule has 1 aliphatic rings. The molecule has 116 valence electrons. The van der Waals surface area contributed by atoms with Gasteiger partial charge < -0.3 is 10.2 Å². The average Bonchev–Trinajstić information content (AvgIpc) is 2.58. The molecule has 3 rings (SSSR count). The maximum atomic E-state index is 12.9. The molecule has 1 N–H and O–H groups in total. The number of hydrogen-bond donors (Lipinski definition) is 1. The number of carbonyl (C=O) groups excluding carboxylic acids is 2. The molecule has 0 amide bonds. The van der Waals surface area contributed by atoms with E-state index in [9.17, 15) is 9.59 Å². The SMILES string of the molecule is CNC1=C(c2ccc(N(C)C)cc2)C(=O)c2ccccc2C1=O. The van der Waals surface area contributed by atoms with Crippen molar-refractivity contribution in [3.8, 4) is 0 Å². The normalized spacial score (nSPS) is 13.9. The number of rotatable bonds is 3. The summed E-state index contributed by atoms with van der Waals surface area (Å²) in [5.74, 6) is -0.267. The highest BCUT2D eigenvalue weighted by Gasteiger charge is 2.32. The van der Waals surface area contributed by atoms with E-state index in [1.807, 2.05) is 43.3 Å². The number of anilines is 1. The largest absolute Gasteiger partial charge is 0.384 e. The zero-order valence-electron chi connectivity index (χ0n) is 13.4. The first kappa shape index (κ1) is 15.0. The van der Waals surface area contributed by atoms with Crippen molar-refractivity contribution in [2.75, 3.05) is 26.0 Å². The zero-order valence-corrected chi connectivity index (χ0v) is 13.4. The second-order valence-corrected chi connectivity index (χ2v) is 5.65. The molecule has 23 heavy (non-hydrogen) atoms. The van der Waals surface area contributed by atoms with Crippen LogP contribution in [0, 0.1) is 0 Å². The Morgan fingerprint density at radius 3 is 1.91 bits per heavy atom. The minimum absolute atomic E-state index is 0.123. The van der Waals surface area contributed by atoms with Crippen LogP contribution in [-0.4, -0.2) is 32.7 Å². The number of nitrogens with zero attached hydrogens (tertiary/aromatic N) is 1. The molecular weight excluding hydrogens is 288 g/mol. The van der Waals surface area contributed by atoms with Crippen molar-refractivity contribution >= 4 is 22.8 Å². The van der Waals surface area contributed by atoms with Gasteiger partial charge in [-0.25, -0.2) is 0 Å². The predicted molar refractivity (Wildman–Crippen MR) is 91.9 cm³/mol. The van der Waals surface area contributed by atoms with Crippen LogP contribution in [0.3, 0.4) is 0 Å². The summed E-state index contributed by atoms with van der Waals surface area (Å²) in [6.45, 7) is 0. The van der Waals surface area contributed by atoms with Crippen molar-refractivity contribution in [3.63, 3.8) is 0 Å². The van der Waals surface area contributed by atoms with E-state index >= 15 is 0 Å². The number of likely N-dealkylation sites (N-methyl/N-ethyl adjacent to an activating group) is 1. The van der Waals surface area contributed by atoms with Gasteiger partial charge in [0.2, 0.25) is 5.78 Å². The summed E-state index contributed by atoms with van der Waals surface area (Å²) in [5, 5.41) is 2.91. The van der Waals surface area contributed by atoms with E-state index in [0.717, 1.165) is 11.3 Å². The lowest BCUT2D eigenvalue weighted by Crippen LogP contribution is -2.27. The summed E-state index contributed by atoms with van der Waals surface area (Å²) in [6, 6.07) is 14.6. The molecule has 0 saturated carbocycles. The standard InChI is InChI=1S/C19H18N2O2/c1-20-17-16(12-8-10-13(11-9-12)21(2)3)18(22)14-6-4-5-7-15(14)19(17)23/h4-11,20H,1-3H3.